The SMILES string of the molecule is [CH2]c1ccc(-c2ccccc2)c(N)c1. The summed E-state index contributed by atoms with van der Waals surface area (Å²) in [6, 6.07) is 16.0. The van der Waals surface area contributed by atoms with E-state index < -0.39 is 0 Å². The van der Waals surface area contributed by atoms with E-state index in [9.17, 15) is 0 Å². The van der Waals surface area contributed by atoms with Gasteiger partial charge in [-0.25, -0.2) is 0 Å². The average Bonchev–Trinajstić information content (AvgIpc) is 2.19. The molecule has 69 valence electrons. The highest BCUT2D eigenvalue weighted by Crippen LogP contribution is 2.25. The number of rotatable bonds is 1. The van der Waals surface area contributed by atoms with E-state index in [1.54, 1.807) is 0 Å². The summed E-state index contributed by atoms with van der Waals surface area (Å²) in [5, 5.41) is 0. The van der Waals surface area contributed by atoms with Gasteiger partial charge in [0.05, 0.1) is 0 Å². The van der Waals surface area contributed by atoms with Gasteiger partial charge in [-0.1, -0.05) is 42.5 Å². The third-order valence-corrected chi connectivity index (χ3v) is 2.20. The van der Waals surface area contributed by atoms with Gasteiger partial charge >= 0.3 is 0 Å². The smallest absolute Gasteiger partial charge is 0.0396 e. The van der Waals surface area contributed by atoms with E-state index in [1.165, 1.54) is 0 Å². The molecule has 0 saturated heterocycles. The standard InChI is InChI=1S/C13H12N/c1-10-7-8-12(13(14)9-10)11-5-3-2-4-6-11/h2-9H,1,14H2. The fourth-order valence-corrected chi connectivity index (χ4v) is 1.49. The molecule has 0 aromatic heterocycles. The van der Waals surface area contributed by atoms with Crippen LogP contribution in [0.2, 0.25) is 0 Å². The van der Waals surface area contributed by atoms with Gasteiger partial charge in [-0.05, 0) is 24.1 Å². The second-order valence-corrected chi connectivity index (χ2v) is 3.29. The molecule has 0 aliphatic rings. The molecule has 2 aromatic rings. The van der Waals surface area contributed by atoms with Gasteiger partial charge in [-0.2, -0.15) is 0 Å². The molecule has 0 fully saturated rings. The van der Waals surface area contributed by atoms with Crippen LogP contribution in [0.1, 0.15) is 5.56 Å². The van der Waals surface area contributed by atoms with Crippen LogP contribution in [-0.4, -0.2) is 0 Å². The van der Waals surface area contributed by atoms with E-state index >= 15 is 0 Å². The van der Waals surface area contributed by atoms with Gasteiger partial charge in [0.15, 0.2) is 0 Å². The van der Waals surface area contributed by atoms with Crippen LogP contribution in [-0.2, 0) is 0 Å². The Morgan fingerprint density at radius 3 is 2.29 bits per heavy atom. The highest BCUT2D eigenvalue weighted by molar-refractivity contribution is 5.76. The summed E-state index contributed by atoms with van der Waals surface area (Å²) in [7, 11) is 0. The molecule has 0 atom stereocenters. The zero-order chi connectivity index (χ0) is 9.97. The lowest BCUT2D eigenvalue weighted by atomic mass is 10.0. The minimum Gasteiger partial charge on any atom is -0.398 e. The molecule has 0 bridgehead atoms. The fraction of sp³-hybridized carbons (Fsp3) is 0. The molecule has 1 heteroatoms. The van der Waals surface area contributed by atoms with E-state index in [0.29, 0.717) is 0 Å². The van der Waals surface area contributed by atoms with Gasteiger partial charge in [0.2, 0.25) is 0 Å². The summed E-state index contributed by atoms with van der Waals surface area (Å²) in [6.07, 6.45) is 0. The maximum absolute atomic E-state index is 5.91. The van der Waals surface area contributed by atoms with Gasteiger partial charge in [-0.3, -0.25) is 0 Å². The first kappa shape index (κ1) is 8.82. The van der Waals surface area contributed by atoms with Crippen LogP contribution in [0.15, 0.2) is 48.5 Å². The molecule has 2 aromatic carbocycles. The Labute approximate surface area is 84.2 Å². The van der Waals surface area contributed by atoms with E-state index in [-0.39, 0.29) is 0 Å². The summed E-state index contributed by atoms with van der Waals surface area (Å²) in [6.45, 7) is 3.84. The molecular weight excluding hydrogens is 170 g/mol. The number of nitrogen functional groups attached to an aromatic ring is 1. The molecule has 1 radical (unpaired) electrons. The first-order valence-corrected chi connectivity index (χ1v) is 4.54. The van der Waals surface area contributed by atoms with Crippen LogP contribution in [0, 0.1) is 6.92 Å². The first-order valence-electron chi connectivity index (χ1n) is 4.54. The van der Waals surface area contributed by atoms with E-state index in [0.717, 1.165) is 22.4 Å². The maximum atomic E-state index is 5.91. The largest absolute Gasteiger partial charge is 0.398 e. The Morgan fingerprint density at radius 1 is 0.929 bits per heavy atom. The number of hydrogen-bond acceptors (Lipinski definition) is 1. The van der Waals surface area contributed by atoms with Crippen molar-refractivity contribution >= 4 is 5.69 Å². The van der Waals surface area contributed by atoms with Crippen molar-refractivity contribution in [1.82, 2.24) is 0 Å². The summed E-state index contributed by atoms with van der Waals surface area (Å²) in [5.41, 5.74) is 9.85. The van der Waals surface area contributed by atoms with Gasteiger partial charge < -0.3 is 5.73 Å². The van der Waals surface area contributed by atoms with Crippen LogP contribution >= 0.6 is 0 Å². The van der Waals surface area contributed by atoms with Crippen molar-refractivity contribution < 1.29 is 0 Å². The van der Waals surface area contributed by atoms with Crippen molar-refractivity contribution in [3.05, 3.63) is 61.0 Å². The molecule has 0 unspecified atom stereocenters. The van der Waals surface area contributed by atoms with Gasteiger partial charge in [0, 0.05) is 11.3 Å². The Bertz CT molecular complexity index is 432. The molecule has 0 amide bonds. The average molecular weight is 182 g/mol. The molecule has 14 heavy (non-hydrogen) atoms. The number of nitrogens with two attached hydrogens (primary N) is 1. The third-order valence-electron chi connectivity index (χ3n) is 2.20. The lowest BCUT2D eigenvalue weighted by Gasteiger charge is -2.06. The van der Waals surface area contributed by atoms with Gasteiger partial charge in [0.1, 0.15) is 0 Å². The van der Waals surface area contributed by atoms with E-state index in [1.807, 2.05) is 36.4 Å². The predicted molar refractivity (Wildman–Crippen MR) is 60.7 cm³/mol. The second kappa shape index (κ2) is 3.54. The monoisotopic (exact) mass is 182 g/mol. The van der Waals surface area contributed by atoms with Crippen molar-refractivity contribution in [2.75, 3.05) is 5.73 Å². The molecule has 0 spiro atoms. The summed E-state index contributed by atoms with van der Waals surface area (Å²) < 4.78 is 0. The number of hydrogen-bond donors (Lipinski definition) is 1. The fourth-order valence-electron chi connectivity index (χ4n) is 1.49. The van der Waals surface area contributed by atoms with Crippen LogP contribution in [0.4, 0.5) is 5.69 Å². The van der Waals surface area contributed by atoms with Crippen molar-refractivity contribution in [3.63, 3.8) is 0 Å². The lowest BCUT2D eigenvalue weighted by molar-refractivity contribution is 1.57. The van der Waals surface area contributed by atoms with Crippen molar-refractivity contribution in [2.45, 2.75) is 0 Å². The minimum atomic E-state index is 0.781. The van der Waals surface area contributed by atoms with Gasteiger partial charge in [0.25, 0.3) is 0 Å². The highest BCUT2D eigenvalue weighted by Gasteiger charge is 2.00. The number of anilines is 1. The Balaban J connectivity index is 2.53. The van der Waals surface area contributed by atoms with Crippen LogP contribution in [0.5, 0.6) is 0 Å². The zero-order valence-electron chi connectivity index (χ0n) is 7.90. The molecule has 0 aliphatic heterocycles. The topological polar surface area (TPSA) is 26.0 Å². The second-order valence-electron chi connectivity index (χ2n) is 3.29. The Kier molecular flexibility index (Phi) is 2.23. The van der Waals surface area contributed by atoms with Crippen molar-refractivity contribution in [1.29, 1.82) is 0 Å². The third kappa shape index (κ3) is 1.62. The molecule has 2 N–H and O–H groups in total. The normalized spacial score (nSPS) is 10.1. The summed E-state index contributed by atoms with van der Waals surface area (Å²) in [4.78, 5) is 0. The summed E-state index contributed by atoms with van der Waals surface area (Å²) in [5.74, 6) is 0. The van der Waals surface area contributed by atoms with E-state index in [4.69, 9.17) is 5.73 Å². The Morgan fingerprint density at radius 2 is 1.64 bits per heavy atom. The van der Waals surface area contributed by atoms with Crippen LogP contribution < -0.4 is 5.73 Å². The Hall–Kier alpha value is -1.76. The van der Waals surface area contributed by atoms with Crippen LogP contribution in [0.3, 0.4) is 0 Å². The lowest BCUT2D eigenvalue weighted by Crippen LogP contribution is -1.90. The molecular formula is C13H12N. The minimum absolute atomic E-state index is 0.781. The van der Waals surface area contributed by atoms with Gasteiger partial charge in [-0.15, -0.1) is 0 Å². The molecule has 1 nitrogen and oxygen atoms in total. The predicted octanol–water partition coefficient (Wildman–Crippen LogP) is 3.12. The zero-order valence-corrected chi connectivity index (χ0v) is 7.90. The molecule has 2 rings (SSSR count). The summed E-state index contributed by atoms with van der Waals surface area (Å²) >= 11 is 0. The molecule has 0 saturated carbocycles. The quantitative estimate of drug-likeness (QED) is 0.674. The van der Waals surface area contributed by atoms with Crippen molar-refractivity contribution in [2.24, 2.45) is 0 Å². The molecule has 0 heterocycles. The number of benzene rings is 2. The molecule has 0 aliphatic carbocycles. The van der Waals surface area contributed by atoms with Crippen molar-refractivity contribution in [3.8, 4) is 11.1 Å². The van der Waals surface area contributed by atoms with E-state index in [2.05, 4.69) is 19.1 Å². The first-order chi connectivity index (χ1) is 6.77. The highest BCUT2D eigenvalue weighted by atomic mass is 14.6. The maximum Gasteiger partial charge on any atom is 0.0396 e. The van der Waals surface area contributed by atoms with Crippen LogP contribution in [0.25, 0.3) is 11.1 Å².